The van der Waals surface area contributed by atoms with E-state index in [9.17, 15) is 8.78 Å². The van der Waals surface area contributed by atoms with E-state index in [2.05, 4.69) is 26.5 Å². The van der Waals surface area contributed by atoms with E-state index in [1.54, 1.807) is 10.9 Å². The summed E-state index contributed by atoms with van der Waals surface area (Å²) in [5.74, 6) is 3.73. The number of nitrogens with one attached hydrogen (secondary N) is 1. The maximum atomic E-state index is 14.0. The van der Waals surface area contributed by atoms with Crippen molar-refractivity contribution in [3.63, 3.8) is 0 Å². The molecule has 0 bridgehead atoms. The standard InChI is InChI=1S/C13H15BrF2N4/c1-2-6-20-13(9(14)7-18-20)12(19-17)8-4-3-5-10(15)11(8)16/h3-5,7,12,19H,2,6,17H2,1H3. The summed E-state index contributed by atoms with van der Waals surface area (Å²) >= 11 is 3.37. The van der Waals surface area contributed by atoms with Gasteiger partial charge in [-0.3, -0.25) is 10.5 Å². The normalized spacial score (nSPS) is 12.7. The van der Waals surface area contributed by atoms with Gasteiger partial charge in [-0.05, 0) is 28.4 Å². The van der Waals surface area contributed by atoms with E-state index in [1.807, 2.05) is 6.92 Å². The Labute approximate surface area is 124 Å². The maximum absolute atomic E-state index is 14.0. The summed E-state index contributed by atoms with van der Waals surface area (Å²) in [6.45, 7) is 2.67. The molecule has 3 N–H and O–H groups in total. The van der Waals surface area contributed by atoms with Crippen LogP contribution in [0, 0.1) is 11.6 Å². The Hall–Kier alpha value is -1.31. The van der Waals surface area contributed by atoms with Crippen molar-refractivity contribution in [2.75, 3.05) is 0 Å². The molecule has 0 amide bonds. The Kier molecular flexibility index (Phi) is 4.85. The van der Waals surface area contributed by atoms with Crippen molar-refractivity contribution < 1.29 is 8.78 Å². The Morgan fingerprint density at radius 3 is 2.85 bits per heavy atom. The van der Waals surface area contributed by atoms with Gasteiger partial charge in [-0.25, -0.2) is 14.2 Å². The lowest BCUT2D eigenvalue weighted by molar-refractivity contribution is 0.467. The number of hydrogen-bond acceptors (Lipinski definition) is 3. The monoisotopic (exact) mass is 344 g/mol. The minimum atomic E-state index is -0.911. The SMILES string of the molecule is CCCn1ncc(Br)c1C(NN)c1cccc(F)c1F. The number of halogens is 3. The van der Waals surface area contributed by atoms with Crippen LogP contribution in [0.2, 0.25) is 0 Å². The summed E-state index contributed by atoms with van der Waals surface area (Å²) in [4.78, 5) is 0. The Morgan fingerprint density at radius 2 is 2.20 bits per heavy atom. The number of hydrazine groups is 1. The fourth-order valence-corrected chi connectivity index (χ4v) is 2.63. The third-order valence-electron chi connectivity index (χ3n) is 3.00. The molecule has 0 spiro atoms. The number of nitrogens with zero attached hydrogens (tertiary/aromatic N) is 2. The zero-order chi connectivity index (χ0) is 14.7. The van der Waals surface area contributed by atoms with Gasteiger partial charge in [-0.2, -0.15) is 5.10 Å². The van der Waals surface area contributed by atoms with Crippen molar-refractivity contribution in [1.29, 1.82) is 0 Å². The Morgan fingerprint density at radius 1 is 1.45 bits per heavy atom. The van der Waals surface area contributed by atoms with Crippen LogP contribution in [0.5, 0.6) is 0 Å². The highest BCUT2D eigenvalue weighted by atomic mass is 79.9. The molecule has 0 radical (unpaired) electrons. The second-order valence-electron chi connectivity index (χ2n) is 4.34. The maximum Gasteiger partial charge on any atom is 0.164 e. The average Bonchev–Trinajstić information content (AvgIpc) is 2.78. The molecule has 2 aromatic rings. The molecule has 7 heteroatoms. The van der Waals surface area contributed by atoms with Crippen LogP contribution in [-0.4, -0.2) is 9.78 Å². The first-order valence-corrected chi connectivity index (χ1v) is 7.00. The topological polar surface area (TPSA) is 55.9 Å². The van der Waals surface area contributed by atoms with Gasteiger partial charge in [-0.1, -0.05) is 19.1 Å². The minimum Gasteiger partial charge on any atom is -0.271 e. The lowest BCUT2D eigenvalue weighted by Crippen LogP contribution is -2.32. The van der Waals surface area contributed by atoms with Crippen LogP contribution in [0.1, 0.15) is 30.6 Å². The Balaban J connectivity index is 2.52. The zero-order valence-corrected chi connectivity index (χ0v) is 12.5. The van der Waals surface area contributed by atoms with Gasteiger partial charge in [0.15, 0.2) is 11.6 Å². The highest BCUT2D eigenvalue weighted by Crippen LogP contribution is 2.30. The van der Waals surface area contributed by atoms with E-state index in [1.165, 1.54) is 12.1 Å². The van der Waals surface area contributed by atoms with Gasteiger partial charge >= 0.3 is 0 Å². The molecule has 1 unspecified atom stereocenters. The molecule has 0 saturated carbocycles. The van der Waals surface area contributed by atoms with E-state index < -0.39 is 17.7 Å². The first kappa shape index (κ1) is 15.1. The summed E-state index contributed by atoms with van der Waals surface area (Å²) in [6.07, 6.45) is 2.48. The van der Waals surface area contributed by atoms with Crippen LogP contribution < -0.4 is 11.3 Å². The number of hydrogen-bond donors (Lipinski definition) is 2. The molecule has 20 heavy (non-hydrogen) atoms. The molecule has 1 aromatic heterocycles. The second kappa shape index (κ2) is 6.43. The molecule has 0 aliphatic heterocycles. The smallest absolute Gasteiger partial charge is 0.164 e. The van der Waals surface area contributed by atoms with Gasteiger partial charge < -0.3 is 0 Å². The summed E-state index contributed by atoms with van der Waals surface area (Å²) < 4.78 is 29.8. The molecule has 2 rings (SSSR count). The molecule has 108 valence electrons. The van der Waals surface area contributed by atoms with Crippen molar-refractivity contribution >= 4 is 15.9 Å². The summed E-state index contributed by atoms with van der Waals surface area (Å²) in [5, 5.41) is 4.21. The average molecular weight is 345 g/mol. The highest BCUT2D eigenvalue weighted by Gasteiger charge is 2.24. The van der Waals surface area contributed by atoms with Crippen LogP contribution in [0.3, 0.4) is 0 Å². The lowest BCUT2D eigenvalue weighted by Gasteiger charge is -2.19. The van der Waals surface area contributed by atoms with Gasteiger partial charge in [-0.15, -0.1) is 0 Å². The molecule has 0 saturated heterocycles. The number of aromatic nitrogens is 2. The molecule has 4 nitrogen and oxygen atoms in total. The van der Waals surface area contributed by atoms with Gasteiger partial charge in [0.25, 0.3) is 0 Å². The first-order chi connectivity index (χ1) is 9.60. The van der Waals surface area contributed by atoms with E-state index in [-0.39, 0.29) is 5.56 Å². The van der Waals surface area contributed by atoms with Crippen molar-refractivity contribution in [3.8, 4) is 0 Å². The number of benzene rings is 1. The van der Waals surface area contributed by atoms with Gasteiger partial charge in [0.2, 0.25) is 0 Å². The number of rotatable bonds is 5. The second-order valence-corrected chi connectivity index (χ2v) is 5.20. The molecular weight excluding hydrogens is 330 g/mol. The third kappa shape index (κ3) is 2.74. The predicted octanol–water partition coefficient (Wildman–Crippen LogP) is 2.89. The molecule has 1 atom stereocenters. The van der Waals surface area contributed by atoms with Crippen molar-refractivity contribution in [3.05, 3.63) is 51.8 Å². The molecule has 0 aliphatic carbocycles. The van der Waals surface area contributed by atoms with E-state index >= 15 is 0 Å². The lowest BCUT2D eigenvalue weighted by atomic mass is 10.0. The largest absolute Gasteiger partial charge is 0.271 e. The quantitative estimate of drug-likeness (QED) is 0.647. The van der Waals surface area contributed by atoms with Crippen molar-refractivity contribution in [1.82, 2.24) is 15.2 Å². The van der Waals surface area contributed by atoms with Crippen LogP contribution in [0.15, 0.2) is 28.9 Å². The first-order valence-electron chi connectivity index (χ1n) is 6.21. The van der Waals surface area contributed by atoms with E-state index in [4.69, 9.17) is 5.84 Å². The number of aryl methyl sites for hydroxylation is 1. The zero-order valence-electron chi connectivity index (χ0n) is 10.9. The molecule has 0 fully saturated rings. The van der Waals surface area contributed by atoms with Gasteiger partial charge in [0, 0.05) is 12.1 Å². The van der Waals surface area contributed by atoms with Crippen LogP contribution in [0.25, 0.3) is 0 Å². The predicted molar refractivity (Wildman–Crippen MR) is 75.7 cm³/mol. The fourth-order valence-electron chi connectivity index (χ4n) is 2.11. The Bertz CT molecular complexity index is 600. The highest BCUT2D eigenvalue weighted by molar-refractivity contribution is 9.10. The molecule has 1 aromatic carbocycles. The van der Waals surface area contributed by atoms with E-state index in [0.29, 0.717) is 16.7 Å². The van der Waals surface area contributed by atoms with Crippen LogP contribution in [-0.2, 0) is 6.54 Å². The fraction of sp³-hybridized carbons (Fsp3) is 0.308. The van der Waals surface area contributed by atoms with E-state index in [0.717, 1.165) is 12.5 Å². The van der Waals surface area contributed by atoms with Gasteiger partial charge in [0.05, 0.1) is 22.4 Å². The molecular formula is C13H15BrF2N4. The minimum absolute atomic E-state index is 0.144. The van der Waals surface area contributed by atoms with Crippen molar-refractivity contribution in [2.45, 2.75) is 25.9 Å². The van der Waals surface area contributed by atoms with Crippen LogP contribution >= 0.6 is 15.9 Å². The summed E-state index contributed by atoms with van der Waals surface area (Å²) in [6, 6.07) is 3.34. The van der Waals surface area contributed by atoms with Crippen molar-refractivity contribution in [2.24, 2.45) is 5.84 Å². The summed E-state index contributed by atoms with van der Waals surface area (Å²) in [7, 11) is 0. The van der Waals surface area contributed by atoms with Gasteiger partial charge in [0.1, 0.15) is 0 Å². The summed E-state index contributed by atoms with van der Waals surface area (Å²) in [5.41, 5.74) is 3.34. The molecule has 0 aliphatic rings. The molecule has 1 heterocycles. The third-order valence-corrected chi connectivity index (χ3v) is 3.61. The van der Waals surface area contributed by atoms with Crippen LogP contribution in [0.4, 0.5) is 8.78 Å². The number of nitrogens with two attached hydrogens (primary N) is 1.